The van der Waals surface area contributed by atoms with E-state index in [-0.39, 0.29) is 0 Å². The molecule has 17 heavy (non-hydrogen) atoms. The van der Waals surface area contributed by atoms with Crippen molar-refractivity contribution in [1.29, 1.82) is 0 Å². The first kappa shape index (κ1) is 13.6. The molecule has 0 fully saturated rings. The van der Waals surface area contributed by atoms with E-state index in [4.69, 9.17) is 12.2 Å². The molecule has 0 saturated carbocycles. The molecule has 0 saturated heterocycles. The summed E-state index contributed by atoms with van der Waals surface area (Å²) in [4.78, 5) is 4.29. The lowest BCUT2D eigenvalue weighted by atomic mass is 10.3. The largest absolute Gasteiger partial charge is 0.361 e. The van der Waals surface area contributed by atoms with Crippen LogP contribution in [0.3, 0.4) is 0 Å². The van der Waals surface area contributed by atoms with Crippen LogP contribution in [0.25, 0.3) is 0 Å². The Morgan fingerprint density at radius 2 is 2.35 bits per heavy atom. The van der Waals surface area contributed by atoms with Gasteiger partial charge in [0, 0.05) is 12.2 Å². The minimum atomic E-state index is 0.544. The van der Waals surface area contributed by atoms with Crippen molar-refractivity contribution >= 4 is 23.5 Å². The van der Waals surface area contributed by atoms with Gasteiger partial charge in [-0.2, -0.15) is 5.10 Å². The molecule has 4 nitrogen and oxygen atoms in total. The standard InChI is InChI=1S/C12H18N4S/c1-3-4-8-13-12(17)16-14-9-11-7-5-6-10(2)15-11/h5-7,9H,3-4,8H2,1-2H3,(H2,13,16,17)/b14-9+. The first-order valence-corrected chi connectivity index (χ1v) is 6.13. The molecule has 0 aliphatic carbocycles. The third kappa shape index (κ3) is 5.97. The van der Waals surface area contributed by atoms with E-state index >= 15 is 0 Å². The zero-order chi connectivity index (χ0) is 12.5. The summed E-state index contributed by atoms with van der Waals surface area (Å²) >= 11 is 5.05. The van der Waals surface area contributed by atoms with Gasteiger partial charge in [-0.15, -0.1) is 0 Å². The van der Waals surface area contributed by atoms with E-state index in [9.17, 15) is 0 Å². The van der Waals surface area contributed by atoms with Crippen LogP contribution in [-0.2, 0) is 0 Å². The molecular weight excluding hydrogens is 232 g/mol. The van der Waals surface area contributed by atoms with Crippen molar-refractivity contribution in [2.24, 2.45) is 5.10 Å². The van der Waals surface area contributed by atoms with Crippen LogP contribution in [0, 0.1) is 6.92 Å². The fraction of sp³-hybridized carbons (Fsp3) is 0.417. The molecule has 1 aromatic heterocycles. The maximum absolute atomic E-state index is 5.05. The number of aromatic nitrogens is 1. The average molecular weight is 250 g/mol. The molecular formula is C12H18N4S. The van der Waals surface area contributed by atoms with Gasteiger partial charge < -0.3 is 5.32 Å². The Hall–Kier alpha value is -1.49. The number of aryl methyl sites for hydroxylation is 1. The maximum atomic E-state index is 5.05. The van der Waals surface area contributed by atoms with Gasteiger partial charge in [-0.05, 0) is 37.7 Å². The van der Waals surface area contributed by atoms with Crippen LogP contribution in [0.15, 0.2) is 23.3 Å². The first-order chi connectivity index (χ1) is 8.22. The van der Waals surface area contributed by atoms with Crippen LogP contribution >= 0.6 is 12.2 Å². The predicted octanol–water partition coefficient (Wildman–Crippen LogP) is 1.99. The SMILES string of the molecule is CCCCNC(=S)N/N=C/c1cccc(C)n1. The minimum Gasteiger partial charge on any atom is -0.361 e. The van der Waals surface area contributed by atoms with Crippen LogP contribution in [-0.4, -0.2) is 22.9 Å². The van der Waals surface area contributed by atoms with Crippen molar-refractivity contribution in [1.82, 2.24) is 15.7 Å². The number of nitrogens with zero attached hydrogens (tertiary/aromatic N) is 2. The number of nitrogens with one attached hydrogen (secondary N) is 2. The number of hydrazone groups is 1. The molecule has 0 amide bonds. The molecule has 1 aromatic rings. The van der Waals surface area contributed by atoms with Crippen molar-refractivity contribution in [3.05, 3.63) is 29.6 Å². The molecule has 92 valence electrons. The lowest BCUT2D eigenvalue weighted by Crippen LogP contribution is -2.32. The molecule has 1 heterocycles. The van der Waals surface area contributed by atoms with Crippen LogP contribution in [0.4, 0.5) is 0 Å². The molecule has 0 atom stereocenters. The highest BCUT2D eigenvalue weighted by Gasteiger charge is 1.92. The molecule has 0 aliphatic heterocycles. The third-order valence-electron chi connectivity index (χ3n) is 2.09. The summed E-state index contributed by atoms with van der Waals surface area (Å²) in [6, 6.07) is 5.79. The van der Waals surface area contributed by atoms with E-state index in [1.807, 2.05) is 25.1 Å². The van der Waals surface area contributed by atoms with E-state index < -0.39 is 0 Å². The van der Waals surface area contributed by atoms with E-state index in [0.717, 1.165) is 30.8 Å². The Balaban J connectivity index is 2.32. The molecule has 0 unspecified atom stereocenters. The molecule has 0 radical (unpaired) electrons. The quantitative estimate of drug-likeness (QED) is 0.363. The van der Waals surface area contributed by atoms with Gasteiger partial charge in [-0.3, -0.25) is 10.4 Å². The van der Waals surface area contributed by atoms with Gasteiger partial charge in [0.2, 0.25) is 0 Å². The number of unbranched alkanes of at least 4 members (excludes halogenated alkanes) is 1. The zero-order valence-corrected chi connectivity index (χ0v) is 11.0. The van der Waals surface area contributed by atoms with Gasteiger partial charge in [0.05, 0.1) is 11.9 Å². The fourth-order valence-corrected chi connectivity index (χ4v) is 1.37. The van der Waals surface area contributed by atoms with Gasteiger partial charge in [-0.1, -0.05) is 19.4 Å². The molecule has 0 spiro atoms. The summed E-state index contributed by atoms with van der Waals surface area (Å²) in [7, 11) is 0. The summed E-state index contributed by atoms with van der Waals surface area (Å²) in [5.41, 5.74) is 4.54. The Kier molecular flexibility index (Phi) is 6.17. The number of pyridine rings is 1. The lowest BCUT2D eigenvalue weighted by molar-refractivity contribution is 0.745. The van der Waals surface area contributed by atoms with Gasteiger partial charge >= 0.3 is 0 Å². The van der Waals surface area contributed by atoms with E-state index in [2.05, 4.69) is 27.8 Å². The van der Waals surface area contributed by atoms with Crippen LogP contribution in [0.5, 0.6) is 0 Å². The number of thiocarbonyl (C=S) groups is 1. The van der Waals surface area contributed by atoms with Crippen molar-refractivity contribution in [2.45, 2.75) is 26.7 Å². The number of rotatable bonds is 5. The normalized spacial score (nSPS) is 10.5. The predicted molar refractivity (Wildman–Crippen MR) is 75.2 cm³/mol. The molecule has 1 rings (SSSR count). The maximum Gasteiger partial charge on any atom is 0.186 e. The van der Waals surface area contributed by atoms with E-state index in [1.54, 1.807) is 6.21 Å². The highest BCUT2D eigenvalue weighted by atomic mass is 32.1. The Labute approximate surface area is 108 Å². The van der Waals surface area contributed by atoms with Crippen molar-refractivity contribution in [3.8, 4) is 0 Å². The van der Waals surface area contributed by atoms with Gasteiger partial charge in [0.25, 0.3) is 0 Å². The summed E-state index contributed by atoms with van der Waals surface area (Å²) in [6.07, 6.45) is 3.90. The highest BCUT2D eigenvalue weighted by molar-refractivity contribution is 7.80. The van der Waals surface area contributed by atoms with Crippen molar-refractivity contribution < 1.29 is 0 Å². The van der Waals surface area contributed by atoms with Gasteiger partial charge in [0.15, 0.2) is 5.11 Å². The van der Waals surface area contributed by atoms with Crippen LogP contribution < -0.4 is 10.7 Å². The molecule has 0 aliphatic rings. The van der Waals surface area contributed by atoms with E-state index in [1.165, 1.54) is 0 Å². The second-order valence-corrected chi connectivity index (χ2v) is 4.09. The van der Waals surface area contributed by atoms with Gasteiger partial charge in [0.1, 0.15) is 0 Å². The topological polar surface area (TPSA) is 49.3 Å². The van der Waals surface area contributed by atoms with Crippen LogP contribution in [0.1, 0.15) is 31.2 Å². The smallest absolute Gasteiger partial charge is 0.186 e. The summed E-state index contributed by atoms with van der Waals surface area (Å²) in [5.74, 6) is 0. The number of hydrogen-bond donors (Lipinski definition) is 2. The van der Waals surface area contributed by atoms with Crippen molar-refractivity contribution in [3.63, 3.8) is 0 Å². The molecule has 0 aromatic carbocycles. The first-order valence-electron chi connectivity index (χ1n) is 5.73. The minimum absolute atomic E-state index is 0.544. The highest BCUT2D eigenvalue weighted by Crippen LogP contribution is 1.94. The molecule has 2 N–H and O–H groups in total. The second kappa shape index (κ2) is 7.73. The summed E-state index contributed by atoms with van der Waals surface area (Å²) < 4.78 is 0. The fourth-order valence-electron chi connectivity index (χ4n) is 1.21. The molecule has 5 heteroatoms. The molecule has 0 bridgehead atoms. The summed E-state index contributed by atoms with van der Waals surface area (Å²) in [5, 5.41) is 7.63. The Bertz CT molecular complexity index is 390. The second-order valence-electron chi connectivity index (χ2n) is 3.68. The Morgan fingerprint density at radius 3 is 3.06 bits per heavy atom. The van der Waals surface area contributed by atoms with E-state index in [0.29, 0.717) is 5.11 Å². The monoisotopic (exact) mass is 250 g/mol. The average Bonchev–Trinajstić information content (AvgIpc) is 2.29. The summed E-state index contributed by atoms with van der Waals surface area (Å²) in [6.45, 7) is 4.96. The third-order valence-corrected chi connectivity index (χ3v) is 2.32. The number of hydrogen-bond acceptors (Lipinski definition) is 3. The zero-order valence-electron chi connectivity index (χ0n) is 10.2. The van der Waals surface area contributed by atoms with Gasteiger partial charge in [-0.25, -0.2) is 0 Å². The lowest BCUT2D eigenvalue weighted by Gasteiger charge is -2.05. The van der Waals surface area contributed by atoms with Crippen LogP contribution in [0.2, 0.25) is 0 Å². The Morgan fingerprint density at radius 1 is 1.53 bits per heavy atom. The van der Waals surface area contributed by atoms with Crippen molar-refractivity contribution in [2.75, 3.05) is 6.54 Å².